The summed E-state index contributed by atoms with van der Waals surface area (Å²) in [5.41, 5.74) is 0.523. The fraction of sp³-hybridized carbons (Fsp3) is 0.0909. The summed E-state index contributed by atoms with van der Waals surface area (Å²) in [6.45, 7) is 0.161. The molecule has 1 aromatic rings. The van der Waals surface area contributed by atoms with Gasteiger partial charge >= 0.3 is 5.97 Å². The Morgan fingerprint density at radius 1 is 1.47 bits per heavy atom. The standard InChI is InChI=1S/C11H10O4/c12-8-9-3-1-4-10(7-9)15-6-2-5-11(13)14/h1-5,7-8H,6H2,(H,13,14). The summed E-state index contributed by atoms with van der Waals surface area (Å²) in [5, 5.41) is 8.30. The molecule has 0 fully saturated rings. The number of benzene rings is 1. The van der Waals surface area contributed by atoms with Crippen LogP contribution in [0.5, 0.6) is 5.75 Å². The molecule has 0 amide bonds. The monoisotopic (exact) mass is 206 g/mol. The first kappa shape index (κ1) is 11.0. The van der Waals surface area contributed by atoms with Crippen molar-refractivity contribution in [3.05, 3.63) is 42.0 Å². The van der Waals surface area contributed by atoms with E-state index in [1.807, 2.05) is 0 Å². The Bertz CT molecular complexity index is 382. The van der Waals surface area contributed by atoms with Crippen molar-refractivity contribution >= 4 is 12.3 Å². The second-order valence-electron chi connectivity index (χ2n) is 2.74. The van der Waals surface area contributed by atoms with Crippen LogP contribution in [0.15, 0.2) is 36.4 Å². The Morgan fingerprint density at radius 2 is 2.27 bits per heavy atom. The van der Waals surface area contributed by atoms with Crippen molar-refractivity contribution < 1.29 is 19.4 Å². The van der Waals surface area contributed by atoms with E-state index in [0.29, 0.717) is 11.3 Å². The molecule has 0 heterocycles. The summed E-state index contributed by atoms with van der Waals surface area (Å²) in [4.78, 5) is 20.6. The molecule has 0 saturated carbocycles. The molecule has 0 aliphatic rings. The molecule has 1 rings (SSSR count). The van der Waals surface area contributed by atoms with Gasteiger partial charge in [0.2, 0.25) is 0 Å². The molecule has 1 aromatic carbocycles. The first-order valence-electron chi connectivity index (χ1n) is 4.30. The smallest absolute Gasteiger partial charge is 0.328 e. The average Bonchev–Trinajstić information content (AvgIpc) is 2.24. The summed E-state index contributed by atoms with van der Waals surface area (Å²) < 4.78 is 5.19. The zero-order valence-corrected chi connectivity index (χ0v) is 7.92. The predicted molar refractivity (Wildman–Crippen MR) is 54.1 cm³/mol. The maximum atomic E-state index is 10.4. The molecule has 4 heteroatoms. The average molecular weight is 206 g/mol. The van der Waals surface area contributed by atoms with Gasteiger partial charge in [0.15, 0.2) is 0 Å². The summed E-state index contributed by atoms with van der Waals surface area (Å²) in [7, 11) is 0. The predicted octanol–water partition coefficient (Wildman–Crippen LogP) is 1.52. The van der Waals surface area contributed by atoms with Crippen molar-refractivity contribution in [1.29, 1.82) is 0 Å². The molecule has 0 radical (unpaired) electrons. The Kier molecular flexibility index (Phi) is 4.09. The SMILES string of the molecule is O=Cc1cccc(OCC=CC(=O)O)c1. The van der Waals surface area contributed by atoms with E-state index in [0.717, 1.165) is 12.4 Å². The van der Waals surface area contributed by atoms with Gasteiger partial charge in [-0.05, 0) is 18.2 Å². The van der Waals surface area contributed by atoms with Crippen LogP contribution < -0.4 is 4.74 Å². The lowest BCUT2D eigenvalue weighted by Crippen LogP contribution is -1.96. The molecule has 1 N–H and O–H groups in total. The van der Waals surface area contributed by atoms with E-state index < -0.39 is 5.97 Å². The Labute approximate surface area is 86.8 Å². The van der Waals surface area contributed by atoms with Gasteiger partial charge in [-0.2, -0.15) is 0 Å². The molecule has 0 aliphatic carbocycles. The lowest BCUT2D eigenvalue weighted by molar-refractivity contribution is -0.131. The highest BCUT2D eigenvalue weighted by molar-refractivity contribution is 5.79. The van der Waals surface area contributed by atoms with Crippen LogP contribution in [0.25, 0.3) is 0 Å². The first-order chi connectivity index (χ1) is 7.22. The molecule has 78 valence electrons. The highest BCUT2D eigenvalue weighted by atomic mass is 16.5. The van der Waals surface area contributed by atoms with E-state index in [2.05, 4.69) is 0 Å². The second kappa shape index (κ2) is 5.59. The van der Waals surface area contributed by atoms with Gasteiger partial charge < -0.3 is 9.84 Å². The first-order valence-corrected chi connectivity index (χ1v) is 4.30. The summed E-state index contributed by atoms with van der Waals surface area (Å²) in [5.74, 6) is -0.477. The molecular weight excluding hydrogens is 196 g/mol. The van der Waals surface area contributed by atoms with Crippen LogP contribution in [0.4, 0.5) is 0 Å². The number of hydrogen-bond donors (Lipinski definition) is 1. The van der Waals surface area contributed by atoms with Crippen LogP contribution in [0.1, 0.15) is 10.4 Å². The van der Waals surface area contributed by atoms with Crippen LogP contribution in [0.3, 0.4) is 0 Å². The maximum Gasteiger partial charge on any atom is 0.328 e. The fourth-order valence-electron chi connectivity index (χ4n) is 0.971. The minimum atomic E-state index is -1.01. The Balaban J connectivity index is 2.50. The number of aldehydes is 1. The van der Waals surface area contributed by atoms with Crippen LogP contribution in [0, 0.1) is 0 Å². The molecule has 0 unspecified atom stereocenters. The van der Waals surface area contributed by atoms with Crippen molar-refractivity contribution in [2.45, 2.75) is 0 Å². The van der Waals surface area contributed by atoms with Crippen LogP contribution in [0.2, 0.25) is 0 Å². The normalized spacial score (nSPS) is 10.1. The number of hydrogen-bond acceptors (Lipinski definition) is 3. The van der Waals surface area contributed by atoms with Gasteiger partial charge in [0.05, 0.1) is 0 Å². The lowest BCUT2D eigenvalue weighted by Gasteiger charge is -2.02. The molecule has 0 saturated heterocycles. The quantitative estimate of drug-likeness (QED) is 0.586. The number of carbonyl (C=O) groups is 2. The van der Waals surface area contributed by atoms with E-state index >= 15 is 0 Å². The summed E-state index contributed by atoms with van der Waals surface area (Å²) in [6.07, 6.45) is 3.11. The van der Waals surface area contributed by atoms with Crippen LogP contribution in [-0.4, -0.2) is 24.0 Å². The van der Waals surface area contributed by atoms with E-state index in [4.69, 9.17) is 9.84 Å². The van der Waals surface area contributed by atoms with Gasteiger partial charge in [-0.1, -0.05) is 12.1 Å². The van der Waals surface area contributed by atoms with Gasteiger partial charge in [0, 0.05) is 11.6 Å². The Hall–Kier alpha value is -2.10. The third-order valence-electron chi connectivity index (χ3n) is 1.60. The third-order valence-corrected chi connectivity index (χ3v) is 1.60. The van der Waals surface area contributed by atoms with Crippen molar-refractivity contribution in [2.24, 2.45) is 0 Å². The van der Waals surface area contributed by atoms with Gasteiger partial charge in [0.1, 0.15) is 18.6 Å². The van der Waals surface area contributed by atoms with Gasteiger partial charge in [-0.3, -0.25) is 4.79 Å². The lowest BCUT2D eigenvalue weighted by atomic mass is 10.2. The van der Waals surface area contributed by atoms with E-state index in [1.165, 1.54) is 6.08 Å². The van der Waals surface area contributed by atoms with Gasteiger partial charge in [-0.25, -0.2) is 4.79 Å². The minimum absolute atomic E-state index is 0.161. The highest BCUT2D eigenvalue weighted by Gasteiger charge is 1.94. The molecule has 0 atom stereocenters. The zero-order valence-electron chi connectivity index (χ0n) is 7.92. The van der Waals surface area contributed by atoms with Gasteiger partial charge in [-0.15, -0.1) is 0 Å². The number of carbonyl (C=O) groups excluding carboxylic acids is 1. The van der Waals surface area contributed by atoms with Crippen LogP contribution in [-0.2, 0) is 4.79 Å². The zero-order chi connectivity index (χ0) is 11.1. The number of carboxylic acids is 1. The third kappa shape index (κ3) is 4.08. The van der Waals surface area contributed by atoms with Crippen molar-refractivity contribution in [2.75, 3.05) is 6.61 Å². The molecule has 0 aliphatic heterocycles. The fourth-order valence-corrected chi connectivity index (χ4v) is 0.971. The number of rotatable bonds is 5. The molecule has 0 bridgehead atoms. The maximum absolute atomic E-state index is 10.4. The largest absolute Gasteiger partial charge is 0.490 e. The van der Waals surface area contributed by atoms with Crippen LogP contribution >= 0.6 is 0 Å². The topological polar surface area (TPSA) is 63.6 Å². The van der Waals surface area contributed by atoms with Crippen molar-refractivity contribution in [3.8, 4) is 5.75 Å². The van der Waals surface area contributed by atoms with E-state index in [9.17, 15) is 9.59 Å². The Morgan fingerprint density at radius 3 is 2.93 bits per heavy atom. The molecule has 15 heavy (non-hydrogen) atoms. The van der Waals surface area contributed by atoms with E-state index in [1.54, 1.807) is 24.3 Å². The molecule has 0 aromatic heterocycles. The summed E-state index contributed by atoms with van der Waals surface area (Å²) in [6, 6.07) is 6.64. The highest BCUT2D eigenvalue weighted by Crippen LogP contribution is 2.11. The number of aliphatic carboxylic acids is 1. The second-order valence-corrected chi connectivity index (χ2v) is 2.74. The number of carboxylic acid groups (broad SMARTS) is 1. The summed E-state index contributed by atoms with van der Waals surface area (Å²) >= 11 is 0. The number of ether oxygens (including phenoxy) is 1. The van der Waals surface area contributed by atoms with Gasteiger partial charge in [0.25, 0.3) is 0 Å². The van der Waals surface area contributed by atoms with Crippen molar-refractivity contribution in [1.82, 2.24) is 0 Å². The minimum Gasteiger partial charge on any atom is -0.490 e. The molecular formula is C11H10O4. The van der Waals surface area contributed by atoms with Crippen molar-refractivity contribution in [3.63, 3.8) is 0 Å². The molecule has 4 nitrogen and oxygen atoms in total. The molecule has 0 spiro atoms. The van der Waals surface area contributed by atoms with E-state index in [-0.39, 0.29) is 6.61 Å².